The van der Waals surface area contributed by atoms with E-state index < -0.39 is 0 Å². The van der Waals surface area contributed by atoms with Gasteiger partial charge in [0, 0.05) is 0 Å². The third-order valence-corrected chi connectivity index (χ3v) is 1.02. The maximum Gasteiger partial charge on any atom is 0.180 e. The topological polar surface area (TPSA) is 20.2 Å². The zero-order valence-corrected chi connectivity index (χ0v) is 5.78. The Hall–Kier alpha value is -0.170. The molecule has 8 heavy (non-hydrogen) atoms. The second kappa shape index (κ2) is 4.98. The molecule has 48 valence electrons. The second-order valence-corrected chi connectivity index (χ2v) is 2.06. The summed E-state index contributed by atoms with van der Waals surface area (Å²) in [6, 6.07) is 0. The van der Waals surface area contributed by atoms with Gasteiger partial charge < -0.3 is 5.11 Å². The van der Waals surface area contributed by atoms with Gasteiger partial charge in [-0.2, -0.15) is 0 Å². The average Bonchev–Trinajstić information content (AvgIpc) is 1.66. The van der Waals surface area contributed by atoms with Crippen molar-refractivity contribution in [2.75, 3.05) is 0 Å². The van der Waals surface area contributed by atoms with Crippen molar-refractivity contribution >= 4 is 11.6 Å². The molecule has 0 aliphatic rings. The van der Waals surface area contributed by atoms with Crippen molar-refractivity contribution in [2.24, 2.45) is 0 Å². The molecule has 0 atom stereocenters. The summed E-state index contributed by atoms with van der Waals surface area (Å²) in [7, 11) is 0. The molecule has 0 radical (unpaired) electrons. The molecule has 0 spiro atoms. The molecule has 0 amide bonds. The van der Waals surface area contributed by atoms with E-state index in [2.05, 4.69) is 6.92 Å². The molecule has 0 aromatic heterocycles. The fourth-order valence-corrected chi connectivity index (χ4v) is 0.534. The predicted molar refractivity (Wildman–Crippen MR) is 36.1 cm³/mol. The minimum atomic E-state index is -0.0848. The lowest BCUT2D eigenvalue weighted by molar-refractivity contribution is 0.449. The first-order chi connectivity index (χ1) is 3.77. The van der Waals surface area contributed by atoms with Gasteiger partial charge in [-0.3, -0.25) is 0 Å². The van der Waals surface area contributed by atoms with Crippen molar-refractivity contribution in [3.63, 3.8) is 0 Å². The van der Waals surface area contributed by atoms with Gasteiger partial charge in [-0.05, 0) is 30.5 Å². The molecule has 0 bridgehead atoms. The average molecular weight is 135 g/mol. The van der Waals surface area contributed by atoms with Crippen LogP contribution in [0.15, 0.2) is 11.3 Å². The molecule has 0 fully saturated rings. The molecule has 0 heterocycles. The highest BCUT2D eigenvalue weighted by molar-refractivity contribution is 6.27. The molecule has 0 aliphatic heterocycles. The highest BCUT2D eigenvalue weighted by atomic mass is 35.5. The summed E-state index contributed by atoms with van der Waals surface area (Å²) < 4.78 is 0. The molecular weight excluding hydrogens is 124 g/mol. The SMILES string of the molecule is CCCCC=C(O)Cl. The van der Waals surface area contributed by atoms with E-state index in [9.17, 15) is 0 Å². The smallest absolute Gasteiger partial charge is 0.180 e. The molecule has 0 unspecified atom stereocenters. The molecule has 0 rings (SSSR count). The molecule has 2 heteroatoms. The van der Waals surface area contributed by atoms with Crippen molar-refractivity contribution in [1.82, 2.24) is 0 Å². The second-order valence-electron chi connectivity index (χ2n) is 1.67. The maximum atomic E-state index is 8.41. The molecule has 1 N–H and O–H groups in total. The summed E-state index contributed by atoms with van der Waals surface area (Å²) in [6.45, 7) is 2.10. The number of hydrogen-bond acceptors (Lipinski definition) is 1. The van der Waals surface area contributed by atoms with Crippen LogP contribution in [-0.4, -0.2) is 5.11 Å². The van der Waals surface area contributed by atoms with Crippen molar-refractivity contribution in [1.29, 1.82) is 0 Å². The third-order valence-electron chi connectivity index (χ3n) is 0.870. The highest BCUT2D eigenvalue weighted by Crippen LogP contribution is 2.00. The van der Waals surface area contributed by atoms with Crippen molar-refractivity contribution < 1.29 is 5.11 Å². The maximum absolute atomic E-state index is 8.41. The van der Waals surface area contributed by atoms with Crippen LogP contribution in [-0.2, 0) is 0 Å². The summed E-state index contributed by atoms with van der Waals surface area (Å²) in [5, 5.41) is 8.32. The Morgan fingerprint density at radius 1 is 1.75 bits per heavy atom. The zero-order chi connectivity index (χ0) is 6.41. The Morgan fingerprint density at radius 3 is 2.75 bits per heavy atom. The fourth-order valence-electron chi connectivity index (χ4n) is 0.425. The first kappa shape index (κ1) is 7.83. The summed E-state index contributed by atoms with van der Waals surface area (Å²) >= 11 is 5.13. The Labute approximate surface area is 55.0 Å². The minimum absolute atomic E-state index is 0.0848. The van der Waals surface area contributed by atoms with Crippen LogP contribution in [0.5, 0.6) is 0 Å². The zero-order valence-electron chi connectivity index (χ0n) is 5.02. The van der Waals surface area contributed by atoms with Gasteiger partial charge in [0.1, 0.15) is 0 Å². The molecule has 0 aliphatic carbocycles. The summed E-state index contributed by atoms with van der Waals surface area (Å²) in [5.41, 5.74) is 0. The number of aliphatic hydroxyl groups is 1. The minimum Gasteiger partial charge on any atom is -0.499 e. The number of unbranched alkanes of at least 4 members (excludes halogenated alkanes) is 2. The molecular formula is C6H11ClO. The Balaban J connectivity index is 3.03. The monoisotopic (exact) mass is 134 g/mol. The van der Waals surface area contributed by atoms with Crippen LogP contribution in [0.25, 0.3) is 0 Å². The van der Waals surface area contributed by atoms with Crippen LogP contribution in [0.4, 0.5) is 0 Å². The Morgan fingerprint density at radius 2 is 2.38 bits per heavy atom. The standard InChI is InChI=1S/C6H11ClO/c1-2-3-4-5-6(7)8/h5,8H,2-4H2,1H3. The van der Waals surface area contributed by atoms with Crippen LogP contribution < -0.4 is 0 Å². The first-order valence-corrected chi connectivity index (χ1v) is 3.19. The van der Waals surface area contributed by atoms with Gasteiger partial charge in [0.25, 0.3) is 0 Å². The van der Waals surface area contributed by atoms with Gasteiger partial charge in [0.2, 0.25) is 0 Å². The fraction of sp³-hybridized carbons (Fsp3) is 0.667. The van der Waals surface area contributed by atoms with Crippen LogP contribution in [0.3, 0.4) is 0 Å². The third kappa shape index (κ3) is 5.83. The van der Waals surface area contributed by atoms with E-state index in [4.69, 9.17) is 16.7 Å². The van der Waals surface area contributed by atoms with E-state index >= 15 is 0 Å². The van der Waals surface area contributed by atoms with Crippen molar-refractivity contribution in [2.45, 2.75) is 26.2 Å². The van der Waals surface area contributed by atoms with E-state index in [0.29, 0.717) is 0 Å². The predicted octanol–water partition coefficient (Wildman–Crippen LogP) is 2.81. The van der Waals surface area contributed by atoms with Crippen LogP contribution in [0.1, 0.15) is 26.2 Å². The lowest BCUT2D eigenvalue weighted by atomic mass is 10.2. The lowest BCUT2D eigenvalue weighted by Crippen LogP contribution is -1.69. The summed E-state index contributed by atoms with van der Waals surface area (Å²) in [4.78, 5) is 0. The lowest BCUT2D eigenvalue weighted by Gasteiger charge is -1.86. The first-order valence-electron chi connectivity index (χ1n) is 2.82. The summed E-state index contributed by atoms with van der Waals surface area (Å²) in [6.07, 6.45) is 4.73. The molecule has 0 saturated carbocycles. The van der Waals surface area contributed by atoms with Gasteiger partial charge in [-0.25, -0.2) is 0 Å². The van der Waals surface area contributed by atoms with Crippen LogP contribution in [0.2, 0.25) is 0 Å². The summed E-state index contributed by atoms with van der Waals surface area (Å²) in [5.74, 6) is 0. The largest absolute Gasteiger partial charge is 0.499 e. The van der Waals surface area contributed by atoms with E-state index in [0.717, 1.165) is 19.3 Å². The Bertz CT molecular complexity index is 74.6. The van der Waals surface area contributed by atoms with Gasteiger partial charge in [0.05, 0.1) is 0 Å². The van der Waals surface area contributed by atoms with E-state index in [1.807, 2.05) is 0 Å². The Kier molecular flexibility index (Phi) is 4.87. The van der Waals surface area contributed by atoms with Crippen molar-refractivity contribution in [3.05, 3.63) is 11.3 Å². The van der Waals surface area contributed by atoms with Crippen molar-refractivity contribution in [3.8, 4) is 0 Å². The van der Waals surface area contributed by atoms with E-state index in [1.165, 1.54) is 0 Å². The number of halogens is 1. The quantitative estimate of drug-likeness (QED) is 0.465. The van der Waals surface area contributed by atoms with Gasteiger partial charge in [0.15, 0.2) is 5.22 Å². The number of allylic oxidation sites excluding steroid dienone is 1. The van der Waals surface area contributed by atoms with Crippen LogP contribution in [0, 0.1) is 0 Å². The molecule has 0 aromatic rings. The van der Waals surface area contributed by atoms with E-state index in [1.54, 1.807) is 6.08 Å². The number of rotatable bonds is 3. The number of hydrogen-bond donors (Lipinski definition) is 1. The number of aliphatic hydroxyl groups excluding tert-OH is 1. The van der Waals surface area contributed by atoms with Crippen LogP contribution >= 0.6 is 11.6 Å². The molecule has 0 aromatic carbocycles. The normalized spacial score (nSPS) is 12.0. The molecule has 0 saturated heterocycles. The molecule has 1 nitrogen and oxygen atoms in total. The van der Waals surface area contributed by atoms with Gasteiger partial charge in [-0.15, -0.1) is 0 Å². The van der Waals surface area contributed by atoms with E-state index in [-0.39, 0.29) is 5.22 Å². The van der Waals surface area contributed by atoms with Gasteiger partial charge in [-0.1, -0.05) is 13.3 Å². The highest BCUT2D eigenvalue weighted by Gasteiger charge is 1.81. The van der Waals surface area contributed by atoms with Gasteiger partial charge >= 0.3 is 0 Å².